The Bertz CT molecular complexity index is 1160. The van der Waals surface area contributed by atoms with Crippen molar-refractivity contribution in [1.29, 1.82) is 0 Å². The second-order valence-corrected chi connectivity index (χ2v) is 10.5. The zero-order chi connectivity index (χ0) is 27.7. The molecule has 0 fully saturated rings. The van der Waals surface area contributed by atoms with Gasteiger partial charge >= 0.3 is 0 Å². The van der Waals surface area contributed by atoms with Gasteiger partial charge in [0.25, 0.3) is 0 Å². The number of carbonyl (C=O) groups excluding carboxylic acids is 1. The molecule has 0 bridgehead atoms. The lowest BCUT2D eigenvalue weighted by Gasteiger charge is -2.25. The molecule has 3 atom stereocenters. The second kappa shape index (κ2) is 13.9. The number of carbonyl (C=O) groups is 1. The van der Waals surface area contributed by atoms with Crippen LogP contribution in [0.3, 0.4) is 0 Å². The number of hydrogen-bond donors (Lipinski definition) is 3. The molecule has 3 rings (SSSR count). The van der Waals surface area contributed by atoms with Crippen molar-refractivity contribution in [2.45, 2.75) is 58.5 Å². The molecule has 0 amide bonds. The number of nitrogens with zero attached hydrogens (tertiary/aromatic N) is 1. The molecule has 1 aromatic heterocycles. The third-order valence-electron chi connectivity index (χ3n) is 7.08. The van der Waals surface area contributed by atoms with E-state index in [0.29, 0.717) is 36.7 Å². The maximum atomic E-state index is 13.6. The smallest absolute Gasteiger partial charge is 0.160 e. The van der Waals surface area contributed by atoms with Gasteiger partial charge in [-0.15, -0.1) is 0 Å². The lowest BCUT2D eigenvalue weighted by atomic mass is 9.82. The van der Waals surface area contributed by atoms with Crippen LogP contribution >= 0.6 is 0 Å². The van der Waals surface area contributed by atoms with Gasteiger partial charge in [-0.2, -0.15) is 12.4 Å². The number of ketones is 1. The number of ether oxygens (including phenoxy) is 2. The number of phenols is 2. The topological polar surface area (TPSA) is 110 Å². The van der Waals surface area contributed by atoms with Gasteiger partial charge in [0.05, 0.1) is 20.3 Å². The van der Waals surface area contributed by atoms with Gasteiger partial charge in [0, 0.05) is 12.3 Å². The number of phenolic OH excluding ortho intramolecular Hbond substituents is 2. The van der Waals surface area contributed by atoms with E-state index in [9.17, 15) is 20.1 Å². The zero-order valence-electron chi connectivity index (χ0n) is 22.8. The van der Waals surface area contributed by atoms with Crippen molar-refractivity contribution in [2.24, 2.45) is 17.8 Å². The molecule has 0 spiro atoms. The lowest BCUT2D eigenvalue weighted by Crippen LogP contribution is -2.30. The van der Waals surface area contributed by atoms with Gasteiger partial charge in [0.2, 0.25) is 0 Å². The van der Waals surface area contributed by atoms with E-state index >= 15 is 0 Å². The van der Waals surface area contributed by atoms with E-state index in [1.807, 2.05) is 18.2 Å². The van der Waals surface area contributed by atoms with Crippen LogP contribution in [-0.2, 0) is 24.1 Å². The number of aromatic nitrogens is 1. The summed E-state index contributed by atoms with van der Waals surface area (Å²) in [5, 5.41) is 31.3. The zero-order valence-corrected chi connectivity index (χ0v) is 22.8. The number of hydrogen-bond acceptors (Lipinski definition) is 6. The molecule has 3 unspecified atom stereocenters. The van der Waals surface area contributed by atoms with Gasteiger partial charge < -0.3 is 29.8 Å². The van der Waals surface area contributed by atoms with Crippen LogP contribution in [0.4, 0.5) is 0 Å². The predicted octanol–water partition coefficient (Wildman–Crippen LogP) is 5.09. The molecule has 0 aliphatic rings. The summed E-state index contributed by atoms with van der Waals surface area (Å²) in [5.74, 6) is 0.874. The van der Waals surface area contributed by atoms with Crippen molar-refractivity contribution in [3.8, 4) is 23.0 Å². The van der Waals surface area contributed by atoms with Gasteiger partial charge in [0.15, 0.2) is 23.0 Å². The summed E-state index contributed by atoms with van der Waals surface area (Å²) < 4.78 is 10.5. The highest BCUT2D eigenvalue weighted by atomic mass is 16.5. The summed E-state index contributed by atoms with van der Waals surface area (Å²) in [7, 11) is 3.00. The molecule has 7 heteroatoms. The summed E-state index contributed by atoms with van der Waals surface area (Å²) in [4.78, 5) is 17.7. The van der Waals surface area contributed by atoms with Gasteiger partial charge in [0.1, 0.15) is 5.78 Å². The van der Waals surface area contributed by atoms with Gasteiger partial charge in [-0.25, -0.2) is 0 Å². The molecule has 1 heterocycles. The Morgan fingerprint density at radius 2 is 1.42 bits per heavy atom. The molecule has 206 valence electrons. The van der Waals surface area contributed by atoms with E-state index in [1.54, 1.807) is 36.7 Å². The SMILES string of the molecule is COc1cc(CC(CCC(C)C)C(=O)CC(O)C(Cc2cc[n-]c2)Cc2ccc(O)c(OC)c2)ccc1O. The first kappa shape index (κ1) is 29.1. The largest absolute Gasteiger partial charge is 0.670 e. The Hall–Kier alpha value is -3.45. The van der Waals surface area contributed by atoms with E-state index in [1.165, 1.54) is 14.2 Å². The standard InChI is InChI=1S/C31H40NO6/c1-20(2)5-8-24(13-21-6-9-26(33)30(16-21)37-3)28(35)18-29(36)25(15-23-11-12-32-19-23)14-22-7-10-27(34)31(17-22)38-4/h6-7,9-12,16-17,19-20,24-25,29,33-34,36H,5,8,13-15,18H2,1-4H3/q-1. The van der Waals surface area contributed by atoms with E-state index in [2.05, 4.69) is 18.8 Å². The average Bonchev–Trinajstić information content (AvgIpc) is 3.41. The highest BCUT2D eigenvalue weighted by Crippen LogP contribution is 2.31. The Labute approximate surface area is 225 Å². The van der Waals surface area contributed by atoms with Gasteiger partial charge in [-0.3, -0.25) is 4.79 Å². The fraction of sp³-hybridized carbons (Fsp3) is 0.452. The van der Waals surface area contributed by atoms with Crippen LogP contribution in [0.2, 0.25) is 0 Å². The first-order valence-electron chi connectivity index (χ1n) is 13.2. The molecule has 0 aliphatic heterocycles. The summed E-state index contributed by atoms with van der Waals surface area (Å²) in [6.45, 7) is 4.27. The quantitative estimate of drug-likeness (QED) is 0.255. The molecule has 0 saturated heterocycles. The van der Waals surface area contributed by atoms with E-state index in [0.717, 1.165) is 29.5 Å². The average molecular weight is 523 g/mol. The first-order chi connectivity index (χ1) is 18.2. The number of methoxy groups -OCH3 is 2. The van der Waals surface area contributed by atoms with Crippen LogP contribution in [0.25, 0.3) is 0 Å². The van der Waals surface area contributed by atoms with E-state index in [-0.39, 0.29) is 35.5 Å². The van der Waals surface area contributed by atoms with Crippen molar-refractivity contribution >= 4 is 5.78 Å². The van der Waals surface area contributed by atoms with Crippen molar-refractivity contribution in [3.63, 3.8) is 0 Å². The number of Topliss-reactive ketones (excluding diaryl/α,β-unsaturated/α-hetero) is 1. The summed E-state index contributed by atoms with van der Waals surface area (Å²) in [5.41, 5.74) is 2.81. The maximum absolute atomic E-state index is 13.6. The summed E-state index contributed by atoms with van der Waals surface area (Å²) in [6, 6.07) is 12.3. The lowest BCUT2D eigenvalue weighted by molar-refractivity contribution is -0.125. The number of benzene rings is 2. The molecule has 0 radical (unpaired) electrons. The van der Waals surface area contributed by atoms with Gasteiger partial charge in [-0.05, 0) is 72.9 Å². The van der Waals surface area contributed by atoms with Crippen LogP contribution in [0, 0.1) is 17.8 Å². The minimum Gasteiger partial charge on any atom is -0.670 e. The molecule has 0 aliphatic carbocycles. The van der Waals surface area contributed by atoms with Crippen LogP contribution in [-0.4, -0.2) is 41.4 Å². The van der Waals surface area contributed by atoms with Crippen LogP contribution in [0.5, 0.6) is 23.0 Å². The Morgan fingerprint density at radius 1 is 0.842 bits per heavy atom. The monoisotopic (exact) mass is 522 g/mol. The fourth-order valence-corrected chi connectivity index (χ4v) is 4.82. The molecule has 3 aromatic rings. The van der Waals surface area contributed by atoms with E-state index < -0.39 is 6.10 Å². The fourth-order valence-electron chi connectivity index (χ4n) is 4.82. The number of aromatic hydroxyl groups is 2. The summed E-state index contributed by atoms with van der Waals surface area (Å²) >= 11 is 0. The van der Waals surface area contributed by atoms with Crippen LogP contribution in [0.1, 0.15) is 49.8 Å². The second-order valence-electron chi connectivity index (χ2n) is 10.5. The summed E-state index contributed by atoms with van der Waals surface area (Å²) in [6.07, 6.45) is 5.92. The van der Waals surface area contributed by atoms with Crippen molar-refractivity contribution < 1.29 is 29.6 Å². The third kappa shape index (κ3) is 8.28. The minimum atomic E-state index is -0.854. The highest BCUT2D eigenvalue weighted by Gasteiger charge is 2.27. The predicted molar refractivity (Wildman–Crippen MR) is 147 cm³/mol. The molecule has 38 heavy (non-hydrogen) atoms. The van der Waals surface area contributed by atoms with Crippen molar-refractivity contribution in [2.75, 3.05) is 14.2 Å². The van der Waals surface area contributed by atoms with Crippen molar-refractivity contribution in [3.05, 3.63) is 71.5 Å². The normalized spacial score (nSPS) is 13.7. The number of aliphatic hydroxyl groups excluding tert-OH is 1. The third-order valence-corrected chi connectivity index (χ3v) is 7.08. The maximum Gasteiger partial charge on any atom is 0.160 e. The first-order valence-corrected chi connectivity index (χ1v) is 13.2. The molecular weight excluding hydrogens is 482 g/mol. The Morgan fingerprint density at radius 3 is 1.95 bits per heavy atom. The minimum absolute atomic E-state index is 0.0270. The Balaban J connectivity index is 1.78. The molecule has 3 N–H and O–H groups in total. The molecule has 2 aromatic carbocycles. The molecule has 7 nitrogen and oxygen atoms in total. The number of aliphatic hydroxyl groups is 1. The molecular formula is C31H40NO6-. The van der Waals surface area contributed by atoms with E-state index in [4.69, 9.17) is 9.47 Å². The van der Waals surface area contributed by atoms with Crippen LogP contribution in [0.15, 0.2) is 54.9 Å². The van der Waals surface area contributed by atoms with Gasteiger partial charge in [-0.1, -0.05) is 44.0 Å². The van der Waals surface area contributed by atoms with Crippen molar-refractivity contribution in [1.82, 2.24) is 4.98 Å². The van der Waals surface area contributed by atoms with Crippen LogP contribution < -0.4 is 14.5 Å². The Kier molecular flexibility index (Phi) is 10.7. The highest BCUT2D eigenvalue weighted by molar-refractivity contribution is 5.81. The number of rotatable bonds is 15. The molecule has 0 saturated carbocycles.